The summed E-state index contributed by atoms with van der Waals surface area (Å²) in [6.45, 7) is 4.02. The average molecular weight is 666 g/mol. The highest BCUT2D eigenvalue weighted by Crippen LogP contribution is 2.27. The molecule has 4 aromatic rings. The summed E-state index contributed by atoms with van der Waals surface area (Å²) in [5.41, 5.74) is 11.8. The predicted octanol–water partition coefficient (Wildman–Crippen LogP) is 6.72. The summed E-state index contributed by atoms with van der Waals surface area (Å²) in [4.78, 5) is 30.7. The van der Waals surface area contributed by atoms with Crippen molar-refractivity contribution in [2.45, 2.75) is 26.7 Å². The summed E-state index contributed by atoms with van der Waals surface area (Å²) in [6.07, 6.45) is 4.40. The average Bonchev–Trinajstić information content (AvgIpc) is 3.05. The van der Waals surface area contributed by atoms with Gasteiger partial charge in [-0.3, -0.25) is 9.59 Å². The Hall–Kier alpha value is -4.87. The molecule has 0 bridgehead atoms. The van der Waals surface area contributed by atoms with Crippen molar-refractivity contribution in [2.75, 3.05) is 25.1 Å². The lowest BCUT2D eigenvalue weighted by Crippen LogP contribution is -2.19. The summed E-state index contributed by atoms with van der Waals surface area (Å²) in [5.74, 6) is -0.525. The number of carbonyl (C=O) groups excluding carboxylic acids is 2. The highest BCUT2D eigenvalue weighted by Gasteiger charge is 2.13. The number of pyridine rings is 2. The van der Waals surface area contributed by atoms with Gasteiger partial charge >= 0.3 is 0 Å². The van der Waals surface area contributed by atoms with Crippen LogP contribution in [-0.2, 0) is 12.8 Å². The molecule has 0 saturated heterocycles. The molecule has 0 unspecified atom stereocenters. The van der Waals surface area contributed by atoms with Crippen LogP contribution in [0.5, 0.6) is 0 Å². The van der Waals surface area contributed by atoms with E-state index in [1.54, 1.807) is 31.3 Å². The minimum Gasteiger partial charge on any atom is -0.399 e. The van der Waals surface area contributed by atoms with Crippen LogP contribution in [0.4, 0.5) is 17.1 Å². The number of carbonyl (C=O) groups is 2. The van der Waals surface area contributed by atoms with Gasteiger partial charge in [0.25, 0.3) is 11.8 Å². The van der Waals surface area contributed by atoms with Gasteiger partial charge in [-0.15, -0.1) is 0 Å². The highest BCUT2D eigenvalue weighted by molar-refractivity contribution is 6.36. The van der Waals surface area contributed by atoms with Gasteiger partial charge in [-0.25, -0.2) is 9.97 Å². The first kappa shape index (κ1) is 36.3. The maximum Gasteiger partial charge on any atom is 0.254 e. The molecule has 232 valence electrons. The number of aromatic nitrogens is 2. The van der Waals surface area contributed by atoms with Crippen LogP contribution in [0.15, 0.2) is 60.9 Å². The third-order valence-electron chi connectivity index (χ3n) is 6.17. The first-order valence-corrected chi connectivity index (χ1v) is 14.6. The van der Waals surface area contributed by atoms with Crippen molar-refractivity contribution in [2.24, 2.45) is 0 Å². The van der Waals surface area contributed by atoms with E-state index in [1.807, 2.05) is 32.0 Å². The van der Waals surface area contributed by atoms with Crippen molar-refractivity contribution in [3.8, 4) is 12.1 Å². The van der Waals surface area contributed by atoms with Crippen LogP contribution in [0.25, 0.3) is 0 Å². The molecule has 4 rings (SSSR count). The summed E-state index contributed by atoms with van der Waals surface area (Å²) < 4.78 is 0. The molecule has 0 aliphatic heterocycles. The molecule has 2 aromatic heterocycles. The van der Waals surface area contributed by atoms with Crippen LogP contribution in [0.2, 0.25) is 15.3 Å². The van der Waals surface area contributed by atoms with Crippen molar-refractivity contribution < 1.29 is 9.59 Å². The van der Waals surface area contributed by atoms with Crippen LogP contribution in [0, 0.1) is 22.7 Å². The van der Waals surface area contributed by atoms with Crippen LogP contribution in [0.1, 0.15) is 56.8 Å². The molecular weight excluding hydrogens is 635 g/mol. The van der Waals surface area contributed by atoms with Gasteiger partial charge in [-0.1, -0.05) is 48.7 Å². The number of nitrogens with two attached hydrogens (primary N) is 1. The number of rotatable bonds is 6. The van der Waals surface area contributed by atoms with Crippen molar-refractivity contribution in [1.29, 1.82) is 10.5 Å². The van der Waals surface area contributed by atoms with E-state index in [2.05, 4.69) is 38.1 Å². The van der Waals surface area contributed by atoms with Crippen molar-refractivity contribution in [3.63, 3.8) is 0 Å². The summed E-state index contributed by atoms with van der Waals surface area (Å²) in [6, 6.07) is 17.9. The number of benzene rings is 2. The third kappa shape index (κ3) is 10.7. The van der Waals surface area contributed by atoms with Gasteiger partial charge in [0.05, 0.1) is 45.1 Å². The van der Waals surface area contributed by atoms with Gasteiger partial charge in [0, 0.05) is 37.9 Å². The van der Waals surface area contributed by atoms with Crippen molar-refractivity contribution in [3.05, 3.63) is 110 Å². The summed E-state index contributed by atoms with van der Waals surface area (Å²) in [7, 11) is 3.08. The first-order chi connectivity index (χ1) is 21.5. The molecule has 2 heterocycles. The number of halogens is 3. The normalized spacial score (nSPS) is 9.62. The maximum absolute atomic E-state index is 11.9. The quantitative estimate of drug-likeness (QED) is 0.130. The zero-order valence-electron chi connectivity index (χ0n) is 25.0. The summed E-state index contributed by atoms with van der Waals surface area (Å²) >= 11 is 17.2. The van der Waals surface area contributed by atoms with Crippen molar-refractivity contribution in [1.82, 2.24) is 20.6 Å². The number of hydrogen-bond acceptors (Lipinski definition) is 8. The predicted molar refractivity (Wildman–Crippen MR) is 179 cm³/mol. The molecule has 0 atom stereocenters. The standard InChI is InChI=1S/C16H15ClN4O.C9H10N2.C7H6Cl2N2O/c1-3-11-6-10(8-18)4-5-13(11)21-14-7-15(17)20-9-12(14)16(22)19-2;1-2-8-5-7(6-10)3-4-9(8)11;1-10-7(12)4-3-11-6(9)2-5(4)8/h4-7,9H,3H2,1-2H3,(H,19,22)(H,20,21);3-5H,2,11H2,1H3;2-3H,1H3,(H,10,12). The Morgan fingerprint density at radius 3 is 1.80 bits per heavy atom. The van der Waals surface area contributed by atoms with E-state index >= 15 is 0 Å². The van der Waals surface area contributed by atoms with E-state index < -0.39 is 0 Å². The summed E-state index contributed by atoms with van der Waals surface area (Å²) in [5, 5.41) is 26.6. The number of nitrogen functional groups attached to an aromatic ring is 1. The van der Waals surface area contributed by atoms with Crippen LogP contribution < -0.4 is 21.7 Å². The second-order valence-corrected chi connectivity index (χ2v) is 10.2. The molecule has 45 heavy (non-hydrogen) atoms. The van der Waals surface area contributed by atoms with Crippen LogP contribution >= 0.6 is 34.8 Å². The van der Waals surface area contributed by atoms with Gasteiger partial charge in [0.1, 0.15) is 10.3 Å². The van der Waals surface area contributed by atoms with Crippen LogP contribution in [0.3, 0.4) is 0 Å². The van der Waals surface area contributed by atoms with Crippen LogP contribution in [-0.4, -0.2) is 35.9 Å². The van der Waals surface area contributed by atoms with Crippen molar-refractivity contribution >= 4 is 63.7 Å². The zero-order chi connectivity index (χ0) is 33.5. The van der Waals surface area contributed by atoms with E-state index in [0.29, 0.717) is 38.1 Å². The topological polar surface area (TPSA) is 170 Å². The fraction of sp³-hybridized carbons (Fsp3) is 0.188. The van der Waals surface area contributed by atoms with E-state index in [-0.39, 0.29) is 17.0 Å². The smallest absolute Gasteiger partial charge is 0.254 e. The lowest BCUT2D eigenvalue weighted by Gasteiger charge is -2.14. The molecule has 2 aromatic carbocycles. The molecule has 0 fully saturated rings. The van der Waals surface area contributed by atoms with E-state index in [4.69, 9.17) is 51.1 Å². The van der Waals surface area contributed by atoms with Gasteiger partial charge in [0.2, 0.25) is 0 Å². The van der Waals surface area contributed by atoms with Gasteiger partial charge < -0.3 is 21.7 Å². The minimum atomic E-state index is -0.274. The molecular formula is C32H31Cl3N8O2. The molecule has 10 nitrogen and oxygen atoms in total. The number of nitriles is 2. The van der Waals surface area contributed by atoms with E-state index in [0.717, 1.165) is 35.3 Å². The Balaban J connectivity index is 0.000000259. The molecule has 0 aliphatic carbocycles. The Bertz CT molecular complexity index is 1750. The lowest BCUT2D eigenvalue weighted by molar-refractivity contribution is 0.0955. The minimum absolute atomic E-state index is 0.252. The number of anilines is 3. The Kier molecular flexibility index (Phi) is 14.6. The number of hydrogen-bond donors (Lipinski definition) is 4. The Labute approximate surface area is 277 Å². The molecule has 0 saturated carbocycles. The number of aryl methyl sites for hydroxylation is 2. The van der Waals surface area contributed by atoms with Gasteiger partial charge in [-0.05, 0) is 72.5 Å². The highest BCUT2D eigenvalue weighted by atomic mass is 35.5. The molecule has 0 radical (unpaired) electrons. The fourth-order valence-corrected chi connectivity index (χ4v) is 4.37. The molecule has 0 spiro atoms. The number of nitrogens with one attached hydrogen (secondary N) is 3. The fourth-order valence-electron chi connectivity index (χ4n) is 3.76. The second-order valence-electron chi connectivity index (χ2n) is 9.04. The largest absolute Gasteiger partial charge is 0.399 e. The molecule has 5 N–H and O–H groups in total. The third-order valence-corrected chi connectivity index (χ3v) is 6.90. The second kappa shape index (κ2) is 18.1. The number of amides is 2. The van der Waals surface area contributed by atoms with E-state index in [1.165, 1.54) is 25.5 Å². The monoisotopic (exact) mass is 664 g/mol. The zero-order valence-corrected chi connectivity index (χ0v) is 27.3. The Morgan fingerprint density at radius 2 is 1.27 bits per heavy atom. The molecule has 13 heteroatoms. The lowest BCUT2D eigenvalue weighted by atomic mass is 10.1. The molecule has 0 aliphatic rings. The maximum atomic E-state index is 11.9. The van der Waals surface area contributed by atoms with Gasteiger partial charge in [0.15, 0.2) is 0 Å². The molecule has 2 amide bonds. The Morgan fingerprint density at radius 1 is 0.756 bits per heavy atom. The first-order valence-electron chi connectivity index (χ1n) is 13.5. The number of nitrogens with zero attached hydrogens (tertiary/aromatic N) is 4. The SMILES string of the molecule is CCc1cc(C#N)ccc1N.CCc1cc(C#N)ccc1Nc1cc(Cl)ncc1C(=O)NC.CNC(=O)c1cnc(Cl)cc1Cl. The van der Waals surface area contributed by atoms with Gasteiger partial charge in [-0.2, -0.15) is 10.5 Å². The van der Waals surface area contributed by atoms with E-state index in [9.17, 15) is 9.59 Å².